The number of aryl methyl sites for hydroxylation is 1. The summed E-state index contributed by atoms with van der Waals surface area (Å²) in [6.07, 6.45) is 1.40. The first-order valence-corrected chi connectivity index (χ1v) is 8.74. The summed E-state index contributed by atoms with van der Waals surface area (Å²) in [6, 6.07) is 12.4. The average molecular weight is 366 g/mol. The molecule has 0 N–H and O–H groups in total. The first kappa shape index (κ1) is 17.2. The van der Waals surface area contributed by atoms with Crippen LogP contribution in [0.4, 0.5) is 4.39 Å². The molecule has 3 heterocycles. The fourth-order valence-corrected chi connectivity index (χ4v) is 3.05. The number of nitrogens with zero attached hydrogens (tertiary/aromatic N) is 4. The molecule has 1 amide bonds. The standard InChI is InChI=1S/C20H19FN4O2/c1-14-2-4-16(5-3-14)20(26)24-8-9-25-17(12-24)11-19(23-25)27-13-15-6-7-22-18(21)10-15/h2-7,10-11H,8-9,12-13H2,1H3. The third-order valence-electron chi connectivity index (χ3n) is 4.54. The molecule has 2 aromatic heterocycles. The zero-order valence-electron chi connectivity index (χ0n) is 14.9. The number of pyridine rings is 1. The Balaban J connectivity index is 1.42. The van der Waals surface area contributed by atoms with Crippen LogP contribution in [0.5, 0.6) is 5.88 Å². The van der Waals surface area contributed by atoms with Gasteiger partial charge in [-0.2, -0.15) is 4.39 Å². The fourth-order valence-electron chi connectivity index (χ4n) is 3.05. The van der Waals surface area contributed by atoms with Crippen LogP contribution in [0.2, 0.25) is 0 Å². The van der Waals surface area contributed by atoms with Gasteiger partial charge in [-0.25, -0.2) is 4.98 Å². The zero-order valence-corrected chi connectivity index (χ0v) is 14.9. The molecule has 0 unspecified atom stereocenters. The van der Waals surface area contributed by atoms with E-state index >= 15 is 0 Å². The van der Waals surface area contributed by atoms with Crippen molar-refractivity contribution in [2.24, 2.45) is 0 Å². The Labute approximate surface area is 156 Å². The molecule has 0 fully saturated rings. The number of carbonyl (C=O) groups excluding carboxylic acids is 1. The molecule has 0 saturated carbocycles. The van der Waals surface area contributed by atoms with Gasteiger partial charge in [0.05, 0.1) is 18.8 Å². The summed E-state index contributed by atoms with van der Waals surface area (Å²) in [4.78, 5) is 18.0. The predicted molar refractivity (Wildman–Crippen MR) is 96.7 cm³/mol. The lowest BCUT2D eigenvalue weighted by atomic mass is 10.1. The van der Waals surface area contributed by atoms with Gasteiger partial charge < -0.3 is 9.64 Å². The van der Waals surface area contributed by atoms with Gasteiger partial charge in [0.15, 0.2) is 0 Å². The maximum absolute atomic E-state index is 13.1. The van der Waals surface area contributed by atoms with Gasteiger partial charge in [-0.15, -0.1) is 5.10 Å². The molecule has 138 valence electrons. The molecule has 0 aliphatic carbocycles. The van der Waals surface area contributed by atoms with Crippen LogP contribution in [-0.4, -0.2) is 32.1 Å². The molecule has 0 saturated heterocycles. The maximum Gasteiger partial charge on any atom is 0.254 e. The van der Waals surface area contributed by atoms with Crippen molar-refractivity contribution in [1.29, 1.82) is 0 Å². The van der Waals surface area contributed by atoms with Crippen molar-refractivity contribution in [3.63, 3.8) is 0 Å². The van der Waals surface area contributed by atoms with Crippen molar-refractivity contribution in [2.75, 3.05) is 6.54 Å². The molecule has 0 radical (unpaired) electrons. The molecular formula is C20H19FN4O2. The summed E-state index contributed by atoms with van der Waals surface area (Å²) in [6.45, 7) is 3.89. The molecule has 7 heteroatoms. The van der Waals surface area contributed by atoms with Crippen LogP contribution in [0.15, 0.2) is 48.7 Å². The van der Waals surface area contributed by atoms with Gasteiger partial charge in [0.1, 0.15) is 6.61 Å². The minimum absolute atomic E-state index is 0.0113. The summed E-state index contributed by atoms with van der Waals surface area (Å²) in [5.74, 6) is -0.0606. The van der Waals surface area contributed by atoms with Crippen molar-refractivity contribution in [1.82, 2.24) is 19.7 Å². The van der Waals surface area contributed by atoms with Gasteiger partial charge in [0.25, 0.3) is 5.91 Å². The zero-order chi connectivity index (χ0) is 18.8. The van der Waals surface area contributed by atoms with Gasteiger partial charge in [0, 0.05) is 24.4 Å². The van der Waals surface area contributed by atoms with Gasteiger partial charge in [-0.3, -0.25) is 9.48 Å². The molecule has 0 bridgehead atoms. The SMILES string of the molecule is Cc1ccc(C(=O)N2CCn3nc(OCc4ccnc(F)c4)cc3C2)cc1. The molecule has 4 rings (SSSR count). The Kier molecular flexibility index (Phi) is 4.58. The van der Waals surface area contributed by atoms with E-state index in [1.54, 1.807) is 6.07 Å². The van der Waals surface area contributed by atoms with E-state index in [0.29, 0.717) is 36.6 Å². The van der Waals surface area contributed by atoms with E-state index in [-0.39, 0.29) is 12.5 Å². The Morgan fingerprint density at radius 3 is 2.78 bits per heavy atom. The fraction of sp³-hybridized carbons (Fsp3) is 0.250. The highest BCUT2D eigenvalue weighted by Gasteiger charge is 2.23. The van der Waals surface area contributed by atoms with Gasteiger partial charge in [0.2, 0.25) is 11.8 Å². The van der Waals surface area contributed by atoms with E-state index < -0.39 is 5.95 Å². The second kappa shape index (κ2) is 7.19. The van der Waals surface area contributed by atoms with E-state index in [1.807, 2.05) is 46.8 Å². The van der Waals surface area contributed by atoms with Crippen LogP contribution >= 0.6 is 0 Å². The number of hydrogen-bond acceptors (Lipinski definition) is 4. The van der Waals surface area contributed by atoms with Gasteiger partial charge in [-0.05, 0) is 36.8 Å². The Bertz CT molecular complexity index is 968. The Hall–Kier alpha value is -3.22. The predicted octanol–water partition coefficient (Wildman–Crippen LogP) is 2.96. The van der Waals surface area contributed by atoms with E-state index in [0.717, 1.165) is 11.3 Å². The third kappa shape index (κ3) is 3.81. The van der Waals surface area contributed by atoms with Crippen molar-refractivity contribution in [2.45, 2.75) is 26.6 Å². The number of amides is 1. The van der Waals surface area contributed by atoms with Crippen LogP contribution in [0, 0.1) is 12.9 Å². The first-order chi connectivity index (χ1) is 13.1. The van der Waals surface area contributed by atoms with Crippen molar-refractivity contribution >= 4 is 5.91 Å². The number of ether oxygens (including phenoxy) is 1. The molecule has 6 nitrogen and oxygen atoms in total. The molecule has 0 atom stereocenters. The minimum atomic E-state index is -0.537. The summed E-state index contributed by atoms with van der Waals surface area (Å²) in [7, 11) is 0. The van der Waals surface area contributed by atoms with Crippen LogP contribution in [0.25, 0.3) is 0 Å². The average Bonchev–Trinajstić information content (AvgIpc) is 3.08. The Morgan fingerprint density at radius 1 is 1.19 bits per heavy atom. The number of fused-ring (bicyclic) bond motifs is 1. The Morgan fingerprint density at radius 2 is 2.00 bits per heavy atom. The third-order valence-corrected chi connectivity index (χ3v) is 4.54. The van der Waals surface area contributed by atoms with Crippen LogP contribution in [-0.2, 0) is 19.7 Å². The summed E-state index contributed by atoms with van der Waals surface area (Å²) >= 11 is 0. The quantitative estimate of drug-likeness (QED) is 0.666. The monoisotopic (exact) mass is 366 g/mol. The van der Waals surface area contributed by atoms with E-state index in [1.165, 1.54) is 12.3 Å². The summed E-state index contributed by atoms with van der Waals surface area (Å²) in [5, 5.41) is 4.41. The molecule has 1 aromatic carbocycles. The van der Waals surface area contributed by atoms with Crippen LogP contribution in [0.1, 0.15) is 27.2 Å². The lowest BCUT2D eigenvalue weighted by Gasteiger charge is -2.27. The van der Waals surface area contributed by atoms with Crippen LogP contribution < -0.4 is 4.74 Å². The van der Waals surface area contributed by atoms with E-state index in [2.05, 4.69) is 10.1 Å². The number of rotatable bonds is 4. The number of benzene rings is 1. The number of halogens is 1. The molecule has 1 aliphatic heterocycles. The van der Waals surface area contributed by atoms with Gasteiger partial charge >= 0.3 is 0 Å². The largest absolute Gasteiger partial charge is 0.472 e. The van der Waals surface area contributed by atoms with E-state index in [4.69, 9.17) is 4.74 Å². The molecule has 0 spiro atoms. The smallest absolute Gasteiger partial charge is 0.254 e. The van der Waals surface area contributed by atoms with Crippen molar-refractivity contribution in [3.05, 3.63) is 77.0 Å². The minimum Gasteiger partial charge on any atom is -0.472 e. The second-order valence-corrected chi connectivity index (χ2v) is 6.57. The normalized spacial score (nSPS) is 13.3. The number of aromatic nitrogens is 3. The number of carbonyl (C=O) groups is 1. The highest BCUT2D eigenvalue weighted by atomic mass is 19.1. The molecule has 3 aromatic rings. The molecular weight excluding hydrogens is 347 g/mol. The lowest BCUT2D eigenvalue weighted by Crippen LogP contribution is -2.38. The highest BCUT2D eigenvalue weighted by molar-refractivity contribution is 5.94. The number of hydrogen-bond donors (Lipinski definition) is 0. The summed E-state index contributed by atoms with van der Waals surface area (Å²) < 4.78 is 20.6. The van der Waals surface area contributed by atoms with Crippen molar-refractivity contribution in [3.8, 4) is 5.88 Å². The lowest BCUT2D eigenvalue weighted by molar-refractivity contribution is 0.0706. The topological polar surface area (TPSA) is 60.2 Å². The van der Waals surface area contributed by atoms with Crippen LogP contribution in [0.3, 0.4) is 0 Å². The maximum atomic E-state index is 13.1. The molecule has 1 aliphatic rings. The van der Waals surface area contributed by atoms with Crippen molar-refractivity contribution < 1.29 is 13.9 Å². The highest BCUT2D eigenvalue weighted by Crippen LogP contribution is 2.20. The summed E-state index contributed by atoms with van der Waals surface area (Å²) in [5.41, 5.74) is 3.41. The second-order valence-electron chi connectivity index (χ2n) is 6.57. The molecule has 27 heavy (non-hydrogen) atoms. The first-order valence-electron chi connectivity index (χ1n) is 8.74. The van der Waals surface area contributed by atoms with Gasteiger partial charge in [-0.1, -0.05) is 17.7 Å². The van der Waals surface area contributed by atoms with E-state index in [9.17, 15) is 9.18 Å².